The van der Waals surface area contributed by atoms with Crippen LogP contribution in [0.4, 0.5) is 0 Å². The minimum absolute atomic E-state index is 0.0146. The van der Waals surface area contributed by atoms with E-state index in [2.05, 4.69) is 13.8 Å². The van der Waals surface area contributed by atoms with Gasteiger partial charge in [-0.3, -0.25) is 4.79 Å². The molecule has 3 rings (SSSR count). The summed E-state index contributed by atoms with van der Waals surface area (Å²) in [6.45, 7) is 5.60. The maximum atomic E-state index is 13.0. The molecule has 1 aromatic carbocycles. The second-order valence-electron chi connectivity index (χ2n) is 6.67. The molecule has 27 heavy (non-hydrogen) atoms. The van der Waals surface area contributed by atoms with E-state index < -0.39 is 0 Å². The maximum absolute atomic E-state index is 13.0. The van der Waals surface area contributed by atoms with E-state index >= 15 is 0 Å². The summed E-state index contributed by atoms with van der Waals surface area (Å²) in [5, 5.41) is 1.20. The van der Waals surface area contributed by atoms with Crippen LogP contribution in [0, 0.1) is 13.8 Å². The van der Waals surface area contributed by atoms with Crippen LogP contribution in [-0.4, -0.2) is 50.2 Å². The average molecular weight is 391 g/mol. The Morgan fingerprint density at radius 2 is 1.67 bits per heavy atom. The van der Waals surface area contributed by atoms with Crippen LogP contribution in [0.5, 0.6) is 17.2 Å². The lowest BCUT2D eigenvalue weighted by atomic mass is 9.97. The van der Waals surface area contributed by atoms with Crippen molar-refractivity contribution < 1.29 is 19.0 Å². The first-order chi connectivity index (χ1) is 13.0. The summed E-state index contributed by atoms with van der Waals surface area (Å²) in [5.74, 6) is 1.89. The fraction of sp³-hybridized carbons (Fsp3) is 0.500. The summed E-state index contributed by atoms with van der Waals surface area (Å²) in [6, 6.07) is 3.42. The minimum atomic E-state index is -0.0146. The van der Waals surface area contributed by atoms with Crippen molar-refractivity contribution >= 4 is 17.2 Å². The number of carbonyl (C=O) groups excluding carboxylic acids is 1. The molecule has 1 aromatic heterocycles. The van der Waals surface area contributed by atoms with Crippen molar-refractivity contribution in [3.05, 3.63) is 33.3 Å². The third-order valence-electron chi connectivity index (χ3n) is 5.09. The smallest absolute Gasteiger partial charge is 0.254 e. The monoisotopic (exact) mass is 390 g/mol. The van der Waals surface area contributed by atoms with Crippen LogP contribution >= 0.6 is 11.3 Å². The van der Waals surface area contributed by atoms with Crippen LogP contribution < -0.4 is 14.2 Å². The SMILES string of the molecule is COc1cc(C(=O)N2CCC(c3nc(C)c(C)s3)CC2)cc(OC)c1OC. The first-order valence-corrected chi connectivity index (χ1v) is 9.83. The molecule has 2 aromatic rings. The van der Waals surface area contributed by atoms with Gasteiger partial charge >= 0.3 is 0 Å². The molecule has 0 spiro atoms. The topological polar surface area (TPSA) is 60.9 Å². The van der Waals surface area contributed by atoms with Gasteiger partial charge in [-0.25, -0.2) is 4.98 Å². The highest BCUT2D eigenvalue weighted by atomic mass is 32.1. The first kappa shape index (κ1) is 19.5. The maximum Gasteiger partial charge on any atom is 0.254 e. The molecule has 1 saturated heterocycles. The molecular weight excluding hydrogens is 364 g/mol. The van der Waals surface area contributed by atoms with Crippen molar-refractivity contribution in [3.63, 3.8) is 0 Å². The predicted octanol–water partition coefficient (Wildman–Crippen LogP) is 3.81. The van der Waals surface area contributed by atoms with Crippen LogP contribution in [0.2, 0.25) is 0 Å². The Labute approximate surface area is 164 Å². The number of ether oxygens (including phenoxy) is 3. The minimum Gasteiger partial charge on any atom is -0.493 e. The molecule has 2 heterocycles. The number of nitrogens with zero attached hydrogens (tertiary/aromatic N) is 2. The number of benzene rings is 1. The Balaban J connectivity index is 1.74. The van der Waals surface area contributed by atoms with Crippen molar-refractivity contribution in [2.24, 2.45) is 0 Å². The largest absolute Gasteiger partial charge is 0.493 e. The standard InChI is InChI=1S/C20H26N2O4S/c1-12-13(2)27-19(21-12)14-6-8-22(9-7-14)20(23)15-10-16(24-3)18(26-5)17(11-15)25-4/h10-11,14H,6-9H2,1-5H3. The van der Waals surface area contributed by atoms with Gasteiger partial charge in [0.1, 0.15) is 0 Å². The van der Waals surface area contributed by atoms with Crippen molar-refractivity contribution in [2.75, 3.05) is 34.4 Å². The molecule has 0 saturated carbocycles. The number of aromatic nitrogens is 1. The highest BCUT2D eigenvalue weighted by Gasteiger charge is 2.28. The van der Waals surface area contributed by atoms with Crippen molar-refractivity contribution in [2.45, 2.75) is 32.6 Å². The molecular formula is C20H26N2O4S. The Kier molecular flexibility index (Phi) is 5.89. The van der Waals surface area contributed by atoms with Crippen LogP contribution in [0.15, 0.2) is 12.1 Å². The van der Waals surface area contributed by atoms with Crippen molar-refractivity contribution in [1.29, 1.82) is 0 Å². The number of rotatable bonds is 5. The third kappa shape index (κ3) is 3.88. The second-order valence-corrected chi connectivity index (χ2v) is 7.91. The number of amides is 1. The van der Waals surface area contributed by atoms with Crippen LogP contribution in [0.3, 0.4) is 0 Å². The molecule has 6 nitrogen and oxygen atoms in total. The summed E-state index contributed by atoms with van der Waals surface area (Å²) in [5.41, 5.74) is 1.66. The molecule has 0 unspecified atom stereocenters. The molecule has 7 heteroatoms. The number of carbonyl (C=O) groups is 1. The molecule has 1 amide bonds. The number of aryl methyl sites for hydroxylation is 2. The lowest BCUT2D eigenvalue weighted by molar-refractivity contribution is 0.0712. The molecule has 1 aliphatic rings. The Morgan fingerprint density at radius 1 is 1.07 bits per heavy atom. The highest BCUT2D eigenvalue weighted by molar-refractivity contribution is 7.11. The second kappa shape index (κ2) is 8.17. The van der Waals surface area contributed by atoms with Gasteiger partial charge in [-0.2, -0.15) is 0 Å². The molecule has 0 bridgehead atoms. The fourth-order valence-electron chi connectivity index (χ4n) is 3.39. The fourth-order valence-corrected chi connectivity index (χ4v) is 4.48. The molecule has 0 N–H and O–H groups in total. The molecule has 146 valence electrons. The number of hydrogen-bond acceptors (Lipinski definition) is 6. The van der Waals surface area contributed by atoms with Gasteiger partial charge in [0, 0.05) is 29.4 Å². The van der Waals surface area contributed by atoms with Gasteiger partial charge in [0.2, 0.25) is 5.75 Å². The molecule has 0 aliphatic carbocycles. The van der Waals surface area contributed by atoms with E-state index in [4.69, 9.17) is 19.2 Å². The van der Waals surface area contributed by atoms with E-state index in [1.54, 1.807) is 44.8 Å². The zero-order chi connectivity index (χ0) is 19.6. The van der Waals surface area contributed by atoms with E-state index in [0.29, 0.717) is 28.7 Å². The molecule has 1 fully saturated rings. The lowest BCUT2D eigenvalue weighted by Crippen LogP contribution is -2.37. The lowest BCUT2D eigenvalue weighted by Gasteiger charge is -2.31. The predicted molar refractivity (Wildman–Crippen MR) is 106 cm³/mol. The van der Waals surface area contributed by atoms with E-state index in [1.807, 2.05) is 4.90 Å². The van der Waals surface area contributed by atoms with Gasteiger partial charge in [-0.15, -0.1) is 11.3 Å². The van der Waals surface area contributed by atoms with Crippen molar-refractivity contribution in [3.8, 4) is 17.2 Å². The van der Waals surface area contributed by atoms with Crippen LogP contribution in [0.1, 0.15) is 44.7 Å². The third-order valence-corrected chi connectivity index (χ3v) is 6.32. The zero-order valence-corrected chi connectivity index (χ0v) is 17.3. The number of piperidine rings is 1. The summed E-state index contributed by atoms with van der Waals surface area (Å²) < 4.78 is 16.1. The summed E-state index contributed by atoms with van der Waals surface area (Å²) in [7, 11) is 4.65. The number of hydrogen-bond donors (Lipinski definition) is 0. The number of thiazole rings is 1. The van der Waals surface area contributed by atoms with Gasteiger partial charge in [0.05, 0.1) is 32.0 Å². The summed E-state index contributed by atoms with van der Waals surface area (Å²) >= 11 is 1.78. The molecule has 0 atom stereocenters. The highest BCUT2D eigenvalue weighted by Crippen LogP contribution is 2.39. The van der Waals surface area contributed by atoms with Gasteiger partial charge in [0.15, 0.2) is 11.5 Å². The van der Waals surface area contributed by atoms with Crippen LogP contribution in [0.25, 0.3) is 0 Å². The first-order valence-electron chi connectivity index (χ1n) is 9.01. The van der Waals surface area contributed by atoms with E-state index in [1.165, 1.54) is 9.88 Å². The normalized spacial score (nSPS) is 14.9. The zero-order valence-electron chi connectivity index (χ0n) is 16.5. The van der Waals surface area contributed by atoms with Crippen LogP contribution in [-0.2, 0) is 0 Å². The van der Waals surface area contributed by atoms with E-state index in [-0.39, 0.29) is 5.91 Å². The average Bonchev–Trinajstić information content (AvgIpc) is 3.04. The van der Waals surface area contributed by atoms with Gasteiger partial charge in [-0.05, 0) is 38.8 Å². The van der Waals surface area contributed by atoms with Crippen molar-refractivity contribution in [1.82, 2.24) is 9.88 Å². The van der Waals surface area contributed by atoms with E-state index in [9.17, 15) is 4.79 Å². The molecule has 0 radical (unpaired) electrons. The van der Waals surface area contributed by atoms with E-state index in [0.717, 1.165) is 31.6 Å². The summed E-state index contributed by atoms with van der Waals surface area (Å²) in [4.78, 5) is 20.9. The Bertz CT molecular complexity index is 781. The molecule has 1 aliphatic heterocycles. The Morgan fingerprint density at radius 3 is 2.11 bits per heavy atom. The van der Waals surface area contributed by atoms with Gasteiger partial charge < -0.3 is 19.1 Å². The Hall–Kier alpha value is -2.28. The quantitative estimate of drug-likeness (QED) is 0.777. The summed E-state index contributed by atoms with van der Waals surface area (Å²) in [6.07, 6.45) is 1.87. The number of likely N-dealkylation sites (tertiary alicyclic amines) is 1. The van der Waals surface area contributed by atoms with Gasteiger partial charge in [-0.1, -0.05) is 0 Å². The number of methoxy groups -OCH3 is 3. The van der Waals surface area contributed by atoms with Gasteiger partial charge in [0.25, 0.3) is 5.91 Å².